The number of fused-ring (bicyclic) bond motifs is 1. The lowest BCUT2D eigenvalue weighted by Gasteiger charge is -2.46. The second-order valence-corrected chi connectivity index (χ2v) is 14.7. The molecule has 1 aliphatic heterocycles. The highest BCUT2D eigenvalue weighted by molar-refractivity contribution is 7.92. The van der Waals surface area contributed by atoms with Crippen LogP contribution < -0.4 is 4.72 Å². The fourth-order valence-electron chi connectivity index (χ4n) is 5.16. The van der Waals surface area contributed by atoms with Gasteiger partial charge in [-0.05, 0) is 66.1 Å². The molecule has 1 atom stereocenters. The number of piperidine rings is 1. The van der Waals surface area contributed by atoms with E-state index in [1.807, 2.05) is 24.3 Å². The van der Waals surface area contributed by atoms with E-state index in [0.29, 0.717) is 44.5 Å². The molecule has 1 unspecified atom stereocenters. The Morgan fingerprint density at radius 2 is 1.58 bits per heavy atom. The maximum absolute atomic E-state index is 13.6. The Morgan fingerprint density at radius 3 is 2.17 bits per heavy atom. The van der Waals surface area contributed by atoms with E-state index in [1.165, 1.54) is 0 Å². The van der Waals surface area contributed by atoms with Crippen molar-refractivity contribution in [3.05, 3.63) is 71.3 Å². The third-order valence-corrected chi connectivity index (χ3v) is 9.60. The van der Waals surface area contributed by atoms with Crippen molar-refractivity contribution >= 4 is 31.5 Å². The van der Waals surface area contributed by atoms with Crippen LogP contribution in [0.15, 0.2) is 65.1 Å². The molecule has 4 rings (SSSR count). The van der Waals surface area contributed by atoms with Gasteiger partial charge in [0, 0.05) is 30.6 Å². The first-order chi connectivity index (χ1) is 16.7. The van der Waals surface area contributed by atoms with Gasteiger partial charge in [0.2, 0.25) is 20.0 Å². The topological polar surface area (TPSA) is 101 Å². The number of anilines is 1. The van der Waals surface area contributed by atoms with Crippen LogP contribution in [0.2, 0.25) is 0 Å². The average molecular weight is 531 g/mol. The maximum atomic E-state index is 13.6. The molecular formula is C27H34N2O5S2. The minimum absolute atomic E-state index is 0.0712. The summed E-state index contributed by atoms with van der Waals surface area (Å²) in [5.74, 6) is 0.0856. The van der Waals surface area contributed by atoms with Crippen LogP contribution in [0, 0.1) is 5.41 Å². The molecule has 2 aliphatic rings. The molecule has 0 saturated carbocycles. The summed E-state index contributed by atoms with van der Waals surface area (Å²) in [5.41, 5.74) is 2.96. The maximum Gasteiger partial charge on any atom is 0.243 e. The Balaban J connectivity index is 1.62. The lowest BCUT2D eigenvalue weighted by molar-refractivity contribution is -0.116. The Labute approximate surface area is 214 Å². The molecule has 0 radical (unpaired) electrons. The molecule has 194 valence electrons. The summed E-state index contributed by atoms with van der Waals surface area (Å²) < 4.78 is 54.3. The van der Waals surface area contributed by atoms with Crippen LogP contribution in [0.1, 0.15) is 51.2 Å². The van der Waals surface area contributed by atoms with Gasteiger partial charge >= 0.3 is 0 Å². The fraction of sp³-hybridized carbons (Fsp3) is 0.444. The summed E-state index contributed by atoms with van der Waals surface area (Å²) in [5, 5.41) is 0. The van der Waals surface area contributed by atoms with Crippen LogP contribution in [-0.4, -0.2) is 46.3 Å². The van der Waals surface area contributed by atoms with Gasteiger partial charge in [0.25, 0.3) is 0 Å². The first-order valence-electron chi connectivity index (χ1n) is 12.1. The monoisotopic (exact) mass is 530 g/mol. The minimum Gasteiger partial charge on any atom is -0.295 e. The van der Waals surface area contributed by atoms with Crippen LogP contribution in [0.3, 0.4) is 0 Å². The Morgan fingerprint density at radius 1 is 0.944 bits per heavy atom. The van der Waals surface area contributed by atoms with Crippen LogP contribution >= 0.6 is 0 Å². The number of ketones is 1. The molecule has 36 heavy (non-hydrogen) atoms. The van der Waals surface area contributed by atoms with E-state index in [-0.39, 0.29) is 16.1 Å². The normalized spacial score (nSPS) is 21.6. The third kappa shape index (κ3) is 5.74. The molecule has 0 amide bonds. The van der Waals surface area contributed by atoms with Gasteiger partial charge in [0.15, 0.2) is 5.78 Å². The van der Waals surface area contributed by atoms with Crippen molar-refractivity contribution in [1.82, 2.24) is 4.31 Å². The van der Waals surface area contributed by atoms with Gasteiger partial charge in [0.1, 0.15) is 0 Å². The van der Waals surface area contributed by atoms with E-state index in [2.05, 4.69) is 25.5 Å². The fourth-order valence-corrected chi connectivity index (χ4v) is 7.25. The molecule has 0 spiro atoms. The Kier molecular flexibility index (Phi) is 6.96. The number of hydrogen-bond acceptors (Lipinski definition) is 5. The molecule has 1 fully saturated rings. The van der Waals surface area contributed by atoms with E-state index in [9.17, 15) is 21.6 Å². The molecule has 7 nitrogen and oxygen atoms in total. The summed E-state index contributed by atoms with van der Waals surface area (Å²) in [6, 6.07) is 14.3. The highest BCUT2D eigenvalue weighted by Gasteiger charge is 2.45. The van der Waals surface area contributed by atoms with E-state index >= 15 is 0 Å². The van der Waals surface area contributed by atoms with Crippen LogP contribution in [0.4, 0.5) is 5.69 Å². The number of hydrogen-bond donors (Lipinski definition) is 1. The molecule has 2 aromatic carbocycles. The highest BCUT2D eigenvalue weighted by Crippen LogP contribution is 2.46. The van der Waals surface area contributed by atoms with Gasteiger partial charge in [0.05, 0.1) is 11.2 Å². The quantitative estimate of drug-likeness (QED) is 0.601. The van der Waals surface area contributed by atoms with Crippen LogP contribution in [0.5, 0.6) is 0 Å². The number of nitrogens with one attached hydrogen (secondary N) is 1. The zero-order valence-electron chi connectivity index (χ0n) is 21.2. The smallest absolute Gasteiger partial charge is 0.243 e. The zero-order chi connectivity index (χ0) is 26.4. The number of rotatable bonds is 6. The highest BCUT2D eigenvalue weighted by atomic mass is 32.2. The van der Waals surface area contributed by atoms with Gasteiger partial charge in [-0.15, -0.1) is 0 Å². The Bertz CT molecular complexity index is 1390. The van der Waals surface area contributed by atoms with Crippen LogP contribution in [-0.2, 0) is 36.7 Å². The van der Waals surface area contributed by atoms with Gasteiger partial charge in [-0.1, -0.05) is 50.6 Å². The molecule has 1 aliphatic carbocycles. The summed E-state index contributed by atoms with van der Waals surface area (Å²) in [7, 11) is -7.08. The predicted octanol–water partition coefficient (Wildman–Crippen LogP) is 4.27. The molecule has 1 N–H and O–H groups in total. The van der Waals surface area contributed by atoms with Crippen LogP contribution in [0.25, 0.3) is 0 Å². The van der Waals surface area contributed by atoms with Crippen molar-refractivity contribution < 1.29 is 21.6 Å². The number of allylic oxidation sites excluding steroid dienone is 1. The zero-order valence-corrected chi connectivity index (χ0v) is 22.9. The minimum atomic E-state index is -3.70. The standard InChI is InChI=1S/C27H34N2O5S2/c1-26(2,3)21-7-11-25(12-8-21)36(33,34)29-16-14-22-17-24(30)13-15-27(22,19-29)18-20-5-9-23(10-6-20)28-35(4,31)32/h5-12,17,28H,13-16,18-19H2,1-4H3. The second-order valence-electron chi connectivity index (χ2n) is 11.0. The van der Waals surface area contributed by atoms with Crippen molar-refractivity contribution in [3.63, 3.8) is 0 Å². The van der Waals surface area contributed by atoms with Crippen molar-refractivity contribution in [2.75, 3.05) is 24.1 Å². The number of carbonyl (C=O) groups is 1. The van der Waals surface area contributed by atoms with Crippen molar-refractivity contribution in [1.29, 1.82) is 0 Å². The van der Waals surface area contributed by atoms with E-state index in [0.717, 1.165) is 23.0 Å². The lowest BCUT2D eigenvalue weighted by atomic mass is 9.66. The molecular weight excluding hydrogens is 496 g/mol. The van der Waals surface area contributed by atoms with Gasteiger partial charge < -0.3 is 0 Å². The summed E-state index contributed by atoms with van der Waals surface area (Å²) in [6.45, 7) is 6.91. The lowest BCUT2D eigenvalue weighted by Crippen LogP contribution is -2.49. The Hall–Kier alpha value is -2.49. The largest absolute Gasteiger partial charge is 0.295 e. The molecule has 1 heterocycles. The van der Waals surface area contributed by atoms with E-state index in [1.54, 1.807) is 34.6 Å². The van der Waals surface area contributed by atoms with Gasteiger partial charge in [-0.25, -0.2) is 16.8 Å². The number of carbonyl (C=O) groups excluding carboxylic acids is 1. The summed E-state index contributed by atoms with van der Waals surface area (Å²) in [4.78, 5) is 12.5. The van der Waals surface area contributed by atoms with E-state index in [4.69, 9.17) is 0 Å². The number of sulfonamides is 2. The van der Waals surface area contributed by atoms with Crippen molar-refractivity contribution in [3.8, 4) is 0 Å². The molecule has 1 saturated heterocycles. The summed E-state index contributed by atoms with van der Waals surface area (Å²) >= 11 is 0. The SMILES string of the molecule is CC(C)(C)c1ccc(S(=O)(=O)N2CCC3=CC(=O)CCC3(Cc3ccc(NS(C)(=O)=O)cc3)C2)cc1. The molecule has 0 bridgehead atoms. The van der Waals surface area contributed by atoms with Crippen molar-refractivity contribution in [2.45, 2.75) is 56.8 Å². The second kappa shape index (κ2) is 9.43. The molecule has 0 aromatic heterocycles. The average Bonchev–Trinajstić information content (AvgIpc) is 2.79. The number of nitrogens with zero attached hydrogens (tertiary/aromatic N) is 1. The molecule has 2 aromatic rings. The van der Waals surface area contributed by atoms with Gasteiger partial charge in [-0.2, -0.15) is 4.31 Å². The third-order valence-electron chi connectivity index (χ3n) is 7.13. The first kappa shape index (κ1) is 26.6. The predicted molar refractivity (Wildman–Crippen MR) is 142 cm³/mol. The van der Waals surface area contributed by atoms with Gasteiger partial charge in [-0.3, -0.25) is 9.52 Å². The number of benzene rings is 2. The summed E-state index contributed by atoms with van der Waals surface area (Å²) in [6.07, 6.45) is 4.86. The van der Waals surface area contributed by atoms with Crippen molar-refractivity contribution in [2.24, 2.45) is 5.41 Å². The molecule has 9 heteroatoms. The first-order valence-corrected chi connectivity index (χ1v) is 15.4. The van der Waals surface area contributed by atoms with E-state index < -0.39 is 25.5 Å².